The predicted molar refractivity (Wildman–Crippen MR) is 71.9 cm³/mol. The molecule has 5 nitrogen and oxygen atoms in total. The van der Waals surface area contributed by atoms with Gasteiger partial charge in [-0.05, 0) is 31.9 Å². The fourth-order valence-corrected chi connectivity index (χ4v) is 1.76. The number of hydrogen-bond acceptors (Lipinski definition) is 5. The monoisotopic (exact) mass is 243 g/mol. The second-order valence-corrected chi connectivity index (χ2v) is 4.19. The molecule has 0 aliphatic carbocycles. The average molecular weight is 243 g/mol. The third-order valence-electron chi connectivity index (χ3n) is 2.86. The molecule has 18 heavy (non-hydrogen) atoms. The molecule has 0 bridgehead atoms. The Morgan fingerprint density at radius 3 is 2.56 bits per heavy atom. The van der Waals surface area contributed by atoms with Crippen molar-refractivity contribution in [2.24, 2.45) is 5.84 Å². The minimum absolute atomic E-state index is 0.602. The largest absolute Gasteiger partial charge is 0.308 e. The first-order chi connectivity index (χ1) is 8.65. The Kier molecular flexibility index (Phi) is 3.53. The molecule has 0 unspecified atom stereocenters. The van der Waals surface area contributed by atoms with Gasteiger partial charge in [-0.3, -0.25) is 4.98 Å². The molecule has 0 fully saturated rings. The maximum atomic E-state index is 5.48. The lowest BCUT2D eigenvalue weighted by Crippen LogP contribution is -2.13. The first-order valence-electron chi connectivity index (χ1n) is 5.92. The molecule has 0 saturated carbocycles. The molecular weight excluding hydrogens is 226 g/mol. The second kappa shape index (κ2) is 5.10. The molecule has 3 N–H and O–H groups in total. The van der Waals surface area contributed by atoms with Crippen LogP contribution in [-0.2, 0) is 6.42 Å². The van der Waals surface area contributed by atoms with E-state index in [0.717, 1.165) is 28.9 Å². The number of nitrogens with two attached hydrogens (primary N) is 1. The molecule has 0 radical (unpaired) electrons. The highest BCUT2D eigenvalue weighted by Gasteiger charge is 2.11. The molecule has 0 aliphatic heterocycles. The lowest BCUT2D eigenvalue weighted by molar-refractivity contribution is 0.967. The Morgan fingerprint density at radius 1 is 1.22 bits per heavy atom. The van der Waals surface area contributed by atoms with Gasteiger partial charge in [0.25, 0.3) is 0 Å². The zero-order chi connectivity index (χ0) is 13.1. The summed E-state index contributed by atoms with van der Waals surface area (Å²) >= 11 is 0. The van der Waals surface area contributed by atoms with Gasteiger partial charge in [-0.2, -0.15) is 0 Å². The van der Waals surface area contributed by atoms with Gasteiger partial charge in [0.1, 0.15) is 11.5 Å². The number of hydrogen-bond donors (Lipinski definition) is 2. The smallest absolute Gasteiger partial charge is 0.180 e. The molecule has 0 aliphatic rings. The lowest BCUT2D eigenvalue weighted by atomic mass is 10.2. The summed E-state index contributed by atoms with van der Waals surface area (Å²) in [6.07, 6.45) is 2.64. The van der Waals surface area contributed by atoms with Crippen molar-refractivity contribution in [3.8, 4) is 11.5 Å². The average Bonchev–Trinajstić information content (AvgIpc) is 2.40. The van der Waals surface area contributed by atoms with Gasteiger partial charge in [-0.1, -0.05) is 13.0 Å². The fraction of sp³-hybridized carbons (Fsp3) is 0.308. The topological polar surface area (TPSA) is 76.7 Å². The molecule has 0 aromatic carbocycles. The summed E-state index contributed by atoms with van der Waals surface area (Å²) in [5, 5.41) is 0. The highest BCUT2D eigenvalue weighted by molar-refractivity contribution is 5.56. The number of nitrogen functional groups attached to an aromatic ring is 1. The van der Waals surface area contributed by atoms with E-state index in [-0.39, 0.29) is 0 Å². The second-order valence-electron chi connectivity index (χ2n) is 4.19. The summed E-state index contributed by atoms with van der Waals surface area (Å²) in [5.74, 6) is 6.74. The van der Waals surface area contributed by atoms with Crippen molar-refractivity contribution in [2.45, 2.75) is 27.2 Å². The lowest BCUT2D eigenvalue weighted by Gasteiger charge is -2.10. The molecule has 2 heterocycles. The van der Waals surface area contributed by atoms with Crippen LogP contribution in [0.4, 0.5) is 5.82 Å². The summed E-state index contributed by atoms with van der Waals surface area (Å²) in [6, 6.07) is 3.91. The van der Waals surface area contributed by atoms with Crippen LogP contribution in [0.3, 0.4) is 0 Å². The molecule has 0 saturated heterocycles. The Hall–Kier alpha value is -2.01. The maximum absolute atomic E-state index is 5.48. The van der Waals surface area contributed by atoms with Crippen LogP contribution in [0.1, 0.15) is 23.7 Å². The van der Waals surface area contributed by atoms with Crippen molar-refractivity contribution >= 4 is 5.82 Å². The van der Waals surface area contributed by atoms with Crippen molar-refractivity contribution in [1.29, 1.82) is 0 Å². The third-order valence-corrected chi connectivity index (χ3v) is 2.86. The Bertz CT molecular complexity index is 523. The molecule has 2 rings (SSSR count). The third kappa shape index (κ3) is 2.31. The van der Waals surface area contributed by atoms with E-state index in [0.29, 0.717) is 11.6 Å². The predicted octanol–water partition coefficient (Wildman–Crippen LogP) is 2.00. The zero-order valence-corrected chi connectivity index (χ0v) is 10.9. The van der Waals surface area contributed by atoms with Gasteiger partial charge in [-0.15, -0.1) is 0 Å². The van der Waals surface area contributed by atoms with Gasteiger partial charge in [0.15, 0.2) is 5.82 Å². The molecular formula is C13H17N5. The van der Waals surface area contributed by atoms with E-state index >= 15 is 0 Å². The summed E-state index contributed by atoms with van der Waals surface area (Å²) in [4.78, 5) is 13.3. The minimum atomic E-state index is 0.602. The zero-order valence-electron chi connectivity index (χ0n) is 10.9. The van der Waals surface area contributed by atoms with Crippen LogP contribution in [0.15, 0.2) is 18.3 Å². The summed E-state index contributed by atoms with van der Waals surface area (Å²) < 4.78 is 0. The molecule has 2 aromatic heterocycles. The Morgan fingerprint density at radius 2 is 2.00 bits per heavy atom. The van der Waals surface area contributed by atoms with Gasteiger partial charge in [-0.25, -0.2) is 15.8 Å². The van der Waals surface area contributed by atoms with Crippen molar-refractivity contribution in [1.82, 2.24) is 15.0 Å². The van der Waals surface area contributed by atoms with Crippen molar-refractivity contribution in [3.63, 3.8) is 0 Å². The number of nitrogens with zero attached hydrogens (tertiary/aromatic N) is 3. The summed E-state index contributed by atoms with van der Waals surface area (Å²) in [7, 11) is 0. The van der Waals surface area contributed by atoms with Gasteiger partial charge in [0.2, 0.25) is 0 Å². The highest BCUT2D eigenvalue weighted by atomic mass is 15.3. The van der Waals surface area contributed by atoms with Gasteiger partial charge in [0, 0.05) is 17.5 Å². The maximum Gasteiger partial charge on any atom is 0.180 e. The van der Waals surface area contributed by atoms with Crippen LogP contribution in [0, 0.1) is 13.8 Å². The first-order valence-corrected chi connectivity index (χ1v) is 5.92. The first kappa shape index (κ1) is 12.4. The van der Waals surface area contributed by atoms with Gasteiger partial charge >= 0.3 is 0 Å². The highest BCUT2D eigenvalue weighted by Crippen LogP contribution is 2.20. The summed E-state index contributed by atoms with van der Waals surface area (Å²) in [6.45, 7) is 6.01. The Labute approximate surface area is 106 Å². The van der Waals surface area contributed by atoms with E-state index in [1.165, 1.54) is 0 Å². The van der Waals surface area contributed by atoms with E-state index in [1.807, 2.05) is 26.0 Å². The van der Waals surface area contributed by atoms with Crippen LogP contribution in [0.25, 0.3) is 11.5 Å². The SMILES string of the molecule is CCc1nc(-c2ccc(C)cn2)nc(NN)c1C. The number of aromatic nitrogens is 3. The standard InChI is InChI=1S/C13H17N5/c1-4-10-9(3)12(18-14)17-13(16-10)11-6-5-8(2)7-15-11/h5-7H,4,14H2,1-3H3,(H,16,17,18). The number of nitrogens with one attached hydrogen (secondary N) is 1. The number of rotatable bonds is 3. The minimum Gasteiger partial charge on any atom is -0.308 e. The van der Waals surface area contributed by atoms with Crippen molar-refractivity contribution < 1.29 is 0 Å². The number of aryl methyl sites for hydroxylation is 2. The summed E-state index contributed by atoms with van der Waals surface area (Å²) in [5.41, 5.74) is 6.44. The van der Waals surface area contributed by atoms with Crippen molar-refractivity contribution in [3.05, 3.63) is 35.2 Å². The van der Waals surface area contributed by atoms with Crippen LogP contribution < -0.4 is 11.3 Å². The molecule has 2 aromatic rings. The fourth-order valence-electron chi connectivity index (χ4n) is 1.76. The van der Waals surface area contributed by atoms with E-state index in [4.69, 9.17) is 5.84 Å². The quantitative estimate of drug-likeness (QED) is 0.637. The van der Waals surface area contributed by atoms with Crippen molar-refractivity contribution in [2.75, 3.05) is 5.43 Å². The van der Waals surface area contributed by atoms with E-state index in [9.17, 15) is 0 Å². The molecule has 0 amide bonds. The van der Waals surface area contributed by atoms with Gasteiger partial charge in [0.05, 0.1) is 0 Å². The van der Waals surface area contributed by atoms with Crippen LogP contribution in [-0.4, -0.2) is 15.0 Å². The van der Waals surface area contributed by atoms with Crippen LogP contribution >= 0.6 is 0 Å². The molecule has 94 valence electrons. The van der Waals surface area contributed by atoms with E-state index in [2.05, 4.69) is 27.3 Å². The normalized spacial score (nSPS) is 10.4. The van der Waals surface area contributed by atoms with Crippen LogP contribution in [0.5, 0.6) is 0 Å². The van der Waals surface area contributed by atoms with Crippen LogP contribution in [0.2, 0.25) is 0 Å². The van der Waals surface area contributed by atoms with E-state index < -0.39 is 0 Å². The number of hydrazine groups is 1. The molecule has 0 spiro atoms. The number of pyridine rings is 1. The number of anilines is 1. The van der Waals surface area contributed by atoms with E-state index in [1.54, 1.807) is 6.20 Å². The van der Waals surface area contributed by atoms with Gasteiger partial charge < -0.3 is 5.43 Å². The molecule has 5 heteroatoms. The molecule has 0 atom stereocenters. The Balaban J connectivity index is 2.54.